The average molecular weight is 281 g/mol. The lowest BCUT2D eigenvalue weighted by Gasteiger charge is -2.06. The quantitative estimate of drug-likeness (QED) is 0.446. The Morgan fingerprint density at radius 1 is 1.33 bits per heavy atom. The maximum atomic E-state index is 8.70. The van der Waals surface area contributed by atoms with Gasteiger partial charge in [-0.25, -0.2) is 0 Å². The summed E-state index contributed by atoms with van der Waals surface area (Å²) in [5, 5.41) is 28.3. The van der Waals surface area contributed by atoms with Gasteiger partial charge in [0.1, 0.15) is 6.07 Å². The average Bonchev–Trinajstić information content (AvgIpc) is 2.32. The molecule has 8 heteroatoms. The van der Waals surface area contributed by atoms with Crippen LogP contribution in [0, 0.1) is 28.1 Å². The van der Waals surface area contributed by atoms with Crippen molar-refractivity contribution in [2.45, 2.75) is 0 Å². The van der Waals surface area contributed by atoms with Crippen molar-refractivity contribution >= 4 is 40.4 Å². The molecule has 0 radical (unpaired) electrons. The normalized spacial score (nSPS) is 10.3. The largest absolute Gasteiger partial charge is 0.382 e. The standard InChI is InChI=1S/C10H6Cl2N6/c11-6-1-5(3-13)2-7(12)9(6)18-17-8(4-14)10(15)16/h1-2,18H,(H3,15,16)/b17-8+. The number of nitrogens with zero attached hydrogens (tertiary/aromatic N) is 3. The smallest absolute Gasteiger partial charge is 0.201 e. The van der Waals surface area contributed by atoms with E-state index in [4.69, 9.17) is 44.9 Å². The molecule has 0 unspecified atom stereocenters. The lowest BCUT2D eigenvalue weighted by Crippen LogP contribution is -2.21. The predicted octanol–water partition coefficient (Wildman–Crippen LogP) is 2.09. The molecular weight excluding hydrogens is 275 g/mol. The third kappa shape index (κ3) is 3.11. The monoisotopic (exact) mass is 280 g/mol. The maximum absolute atomic E-state index is 8.70. The second-order valence-corrected chi connectivity index (χ2v) is 3.84. The van der Waals surface area contributed by atoms with Crippen LogP contribution in [-0.4, -0.2) is 11.5 Å². The van der Waals surface area contributed by atoms with Gasteiger partial charge in [-0.1, -0.05) is 23.2 Å². The van der Waals surface area contributed by atoms with Gasteiger partial charge >= 0.3 is 0 Å². The van der Waals surface area contributed by atoms with Crippen molar-refractivity contribution in [1.29, 1.82) is 15.9 Å². The van der Waals surface area contributed by atoms with Gasteiger partial charge in [-0.2, -0.15) is 15.6 Å². The van der Waals surface area contributed by atoms with E-state index in [9.17, 15) is 0 Å². The molecule has 0 aromatic heterocycles. The van der Waals surface area contributed by atoms with Gasteiger partial charge in [-0.05, 0) is 12.1 Å². The highest BCUT2D eigenvalue weighted by molar-refractivity contribution is 6.46. The highest BCUT2D eigenvalue weighted by atomic mass is 35.5. The Morgan fingerprint density at radius 3 is 2.28 bits per heavy atom. The minimum Gasteiger partial charge on any atom is -0.382 e. The summed E-state index contributed by atoms with van der Waals surface area (Å²) >= 11 is 11.8. The van der Waals surface area contributed by atoms with E-state index in [1.807, 2.05) is 6.07 Å². The van der Waals surface area contributed by atoms with E-state index in [1.54, 1.807) is 6.07 Å². The molecule has 0 aliphatic heterocycles. The Bertz CT molecular complexity index is 585. The second-order valence-electron chi connectivity index (χ2n) is 3.02. The number of nitriles is 2. The van der Waals surface area contributed by atoms with Gasteiger partial charge in [0, 0.05) is 0 Å². The molecule has 0 aliphatic carbocycles. The van der Waals surface area contributed by atoms with Gasteiger partial charge in [0.25, 0.3) is 0 Å². The molecule has 0 saturated heterocycles. The molecule has 4 N–H and O–H groups in total. The Balaban J connectivity index is 3.11. The van der Waals surface area contributed by atoms with Gasteiger partial charge < -0.3 is 5.73 Å². The first-order valence-corrected chi connectivity index (χ1v) is 5.22. The molecule has 1 aromatic carbocycles. The molecule has 6 nitrogen and oxygen atoms in total. The van der Waals surface area contributed by atoms with Gasteiger partial charge in [0.2, 0.25) is 5.71 Å². The number of amidine groups is 1. The third-order valence-corrected chi connectivity index (χ3v) is 2.41. The van der Waals surface area contributed by atoms with E-state index < -0.39 is 5.84 Å². The first kappa shape index (κ1) is 13.8. The van der Waals surface area contributed by atoms with Crippen LogP contribution in [0.4, 0.5) is 5.69 Å². The zero-order valence-corrected chi connectivity index (χ0v) is 10.3. The number of anilines is 1. The third-order valence-electron chi connectivity index (χ3n) is 1.81. The number of hydrogen-bond donors (Lipinski definition) is 3. The second kappa shape index (κ2) is 5.87. The maximum Gasteiger partial charge on any atom is 0.201 e. The topological polar surface area (TPSA) is 122 Å². The van der Waals surface area contributed by atoms with E-state index in [1.165, 1.54) is 12.1 Å². The molecule has 0 heterocycles. The van der Waals surface area contributed by atoms with Crippen molar-refractivity contribution in [3.05, 3.63) is 27.7 Å². The van der Waals surface area contributed by atoms with Crippen LogP contribution < -0.4 is 11.2 Å². The number of rotatable bonds is 3. The summed E-state index contributed by atoms with van der Waals surface area (Å²) in [6.45, 7) is 0. The van der Waals surface area contributed by atoms with Crippen LogP contribution in [0.25, 0.3) is 0 Å². The minimum absolute atomic E-state index is 0.170. The molecule has 1 rings (SSSR count). The van der Waals surface area contributed by atoms with Crippen LogP contribution in [-0.2, 0) is 0 Å². The first-order valence-electron chi connectivity index (χ1n) is 4.47. The summed E-state index contributed by atoms with van der Waals surface area (Å²) in [7, 11) is 0. The number of hydrazone groups is 1. The highest BCUT2D eigenvalue weighted by Gasteiger charge is 2.09. The zero-order valence-electron chi connectivity index (χ0n) is 8.83. The molecule has 0 atom stereocenters. The van der Waals surface area contributed by atoms with Gasteiger partial charge in [-0.3, -0.25) is 10.8 Å². The Labute approximate surface area is 113 Å². The lowest BCUT2D eigenvalue weighted by atomic mass is 10.2. The molecule has 1 aromatic rings. The van der Waals surface area contributed by atoms with Crippen molar-refractivity contribution in [3.63, 3.8) is 0 Å². The number of halogens is 2. The number of nitrogens with one attached hydrogen (secondary N) is 2. The summed E-state index contributed by atoms with van der Waals surface area (Å²) in [4.78, 5) is 0. The van der Waals surface area contributed by atoms with E-state index in [2.05, 4.69) is 10.5 Å². The summed E-state index contributed by atoms with van der Waals surface area (Å²) in [5.74, 6) is -0.481. The fraction of sp³-hybridized carbons (Fsp3) is 0. The van der Waals surface area contributed by atoms with E-state index in [0.717, 1.165) is 0 Å². The van der Waals surface area contributed by atoms with E-state index in [-0.39, 0.29) is 21.4 Å². The summed E-state index contributed by atoms with van der Waals surface area (Å²) in [5.41, 5.74) is 7.78. The molecule has 0 fully saturated rings. The number of benzene rings is 1. The van der Waals surface area contributed by atoms with Crippen LogP contribution in [0.5, 0.6) is 0 Å². The molecule has 90 valence electrons. The van der Waals surface area contributed by atoms with Gasteiger partial charge in [0.15, 0.2) is 5.84 Å². The fourth-order valence-electron chi connectivity index (χ4n) is 1.00. The fourth-order valence-corrected chi connectivity index (χ4v) is 1.57. The Kier molecular flexibility index (Phi) is 4.50. The summed E-state index contributed by atoms with van der Waals surface area (Å²) in [6, 6.07) is 6.31. The Hall–Kier alpha value is -2.28. The van der Waals surface area contributed by atoms with Crippen LogP contribution in [0.2, 0.25) is 10.0 Å². The molecular formula is C10H6Cl2N6. The van der Waals surface area contributed by atoms with Crippen molar-refractivity contribution in [2.75, 3.05) is 5.43 Å². The van der Waals surface area contributed by atoms with Gasteiger partial charge in [-0.15, -0.1) is 0 Å². The van der Waals surface area contributed by atoms with Crippen molar-refractivity contribution < 1.29 is 0 Å². The minimum atomic E-state index is -0.481. The number of hydrogen-bond acceptors (Lipinski definition) is 5. The Morgan fingerprint density at radius 2 is 1.89 bits per heavy atom. The van der Waals surface area contributed by atoms with Crippen LogP contribution in [0.15, 0.2) is 17.2 Å². The summed E-state index contributed by atoms with van der Waals surface area (Å²) in [6.07, 6.45) is 0. The molecule has 0 amide bonds. The summed E-state index contributed by atoms with van der Waals surface area (Å²) < 4.78 is 0. The lowest BCUT2D eigenvalue weighted by molar-refractivity contribution is 1.33. The predicted molar refractivity (Wildman–Crippen MR) is 69.8 cm³/mol. The van der Waals surface area contributed by atoms with Crippen molar-refractivity contribution in [3.8, 4) is 12.1 Å². The first-order chi connectivity index (χ1) is 8.49. The van der Waals surface area contributed by atoms with Gasteiger partial charge in [0.05, 0.1) is 27.4 Å². The molecule has 0 saturated carbocycles. The molecule has 18 heavy (non-hydrogen) atoms. The van der Waals surface area contributed by atoms with Crippen LogP contribution in [0.1, 0.15) is 5.56 Å². The molecule has 0 spiro atoms. The molecule has 0 bridgehead atoms. The van der Waals surface area contributed by atoms with Crippen molar-refractivity contribution in [2.24, 2.45) is 10.8 Å². The van der Waals surface area contributed by atoms with Crippen molar-refractivity contribution in [1.82, 2.24) is 0 Å². The van der Waals surface area contributed by atoms with E-state index in [0.29, 0.717) is 5.56 Å². The zero-order chi connectivity index (χ0) is 13.7. The molecule has 0 aliphatic rings. The van der Waals surface area contributed by atoms with E-state index >= 15 is 0 Å². The highest BCUT2D eigenvalue weighted by Crippen LogP contribution is 2.31. The SMILES string of the molecule is N#C/C(=N\Nc1c(Cl)cc(C#N)cc1Cl)C(=N)N. The van der Waals surface area contributed by atoms with Crippen LogP contribution in [0.3, 0.4) is 0 Å². The van der Waals surface area contributed by atoms with Crippen LogP contribution >= 0.6 is 23.2 Å². The number of nitrogens with two attached hydrogens (primary N) is 1.